The van der Waals surface area contributed by atoms with Crippen LogP contribution < -0.4 is 5.73 Å². The topological polar surface area (TPSA) is 63.4 Å². The van der Waals surface area contributed by atoms with Gasteiger partial charge in [-0.2, -0.15) is 4.31 Å². The van der Waals surface area contributed by atoms with Crippen molar-refractivity contribution in [3.05, 3.63) is 15.4 Å². The minimum atomic E-state index is -3.36. The average Bonchev–Trinajstić information content (AvgIpc) is 2.70. The number of hydrogen-bond donors (Lipinski definition) is 1. The summed E-state index contributed by atoms with van der Waals surface area (Å²) in [7, 11) is -3.36. The van der Waals surface area contributed by atoms with Crippen LogP contribution in [0.4, 0.5) is 0 Å². The molecule has 0 aliphatic carbocycles. The number of rotatable bonds is 3. The zero-order valence-electron chi connectivity index (χ0n) is 11.1. The van der Waals surface area contributed by atoms with Crippen LogP contribution in [-0.4, -0.2) is 31.9 Å². The van der Waals surface area contributed by atoms with Gasteiger partial charge in [0.2, 0.25) is 0 Å². The predicted octanol–water partition coefficient (Wildman–Crippen LogP) is 2.57. The molecule has 2 atom stereocenters. The smallest absolute Gasteiger partial charge is 0.252 e. The Morgan fingerprint density at radius 1 is 1.58 bits per heavy atom. The van der Waals surface area contributed by atoms with Crippen molar-refractivity contribution in [1.29, 1.82) is 0 Å². The normalized spacial score (nSPS) is 25.7. The number of hydrogen-bond acceptors (Lipinski definition) is 4. The fourth-order valence-corrected chi connectivity index (χ4v) is 6.25. The van der Waals surface area contributed by atoms with Crippen LogP contribution in [-0.2, 0) is 10.0 Å². The average molecular weight is 367 g/mol. The van der Waals surface area contributed by atoms with Crippen LogP contribution in [0.5, 0.6) is 0 Å². The van der Waals surface area contributed by atoms with E-state index in [1.165, 1.54) is 11.3 Å². The van der Waals surface area contributed by atoms with E-state index in [0.29, 0.717) is 17.3 Å². The van der Waals surface area contributed by atoms with Gasteiger partial charge < -0.3 is 5.73 Å². The highest BCUT2D eigenvalue weighted by Gasteiger charge is 2.34. The highest BCUT2D eigenvalue weighted by Crippen LogP contribution is 2.33. The van der Waals surface area contributed by atoms with Gasteiger partial charge >= 0.3 is 0 Å². The van der Waals surface area contributed by atoms with E-state index in [-0.39, 0.29) is 12.0 Å². The van der Waals surface area contributed by atoms with Crippen LogP contribution in [0.15, 0.2) is 14.1 Å². The molecule has 4 nitrogen and oxygen atoms in total. The summed E-state index contributed by atoms with van der Waals surface area (Å²) in [6.45, 7) is 5.02. The zero-order valence-corrected chi connectivity index (χ0v) is 14.3. The third kappa shape index (κ3) is 3.05. The second-order valence-electron chi connectivity index (χ2n) is 5.01. The predicted molar refractivity (Wildman–Crippen MR) is 81.9 cm³/mol. The summed E-state index contributed by atoms with van der Waals surface area (Å²) in [6.07, 6.45) is 1.66. The Kier molecular flexibility index (Phi) is 4.72. The van der Waals surface area contributed by atoms with Crippen molar-refractivity contribution in [2.24, 2.45) is 11.7 Å². The standard InChI is InChI=1S/C12H19BrN2O2S2/c1-3-9-7-15(5-4-10(9)14)19(16,17)11-6-8(2)12(13)18-11/h6,9-10H,3-5,7,14H2,1-2H3. The summed E-state index contributed by atoms with van der Waals surface area (Å²) >= 11 is 4.66. The second-order valence-corrected chi connectivity index (χ2v) is 9.54. The van der Waals surface area contributed by atoms with Crippen LogP contribution in [0.1, 0.15) is 25.3 Å². The van der Waals surface area contributed by atoms with E-state index < -0.39 is 10.0 Å². The third-order valence-electron chi connectivity index (χ3n) is 3.71. The van der Waals surface area contributed by atoms with Gasteiger partial charge in [-0.3, -0.25) is 0 Å². The van der Waals surface area contributed by atoms with Crippen molar-refractivity contribution in [2.75, 3.05) is 13.1 Å². The molecule has 2 rings (SSSR count). The van der Waals surface area contributed by atoms with Gasteiger partial charge in [0.05, 0.1) is 3.79 Å². The molecule has 7 heteroatoms. The molecule has 1 aromatic heterocycles. The molecule has 0 spiro atoms. The quantitative estimate of drug-likeness (QED) is 0.893. The molecule has 1 fully saturated rings. The van der Waals surface area contributed by atoms with Crippen molar-refractivity contribution in [1.82, 2.24) is 4.31 Å². The van der Waals surface area contributed by atoms with Crippen LogP contribution >= 0.6 is 27.3 Å². The molecule has 1 aromatic rings. The van der Waals surface area contributed by atoms with Crippen molar-refractivity contribution < 1.29 is 8.42 Å². The molecule has 0 aromatic carbocycles. The molecule has 0 radical (unpaired) electrons. The zero-order chi connectivity index (χ0) is 14.2. The van der Waals surface area contributed by atoms with Crippen molar-refractivity contribution in [3.8, 4) is 0 Å². The first-order valence-electron chi connectivity index (χ1n) is 6.38. The summed E-state index contributed by atoms with van der Waals surface area (Å²) in [5.41, 5.74) is 7.00. The number of nitrogens with zero attached hydrogens (tertiary/aromatic N) is 1. The van der Waals surface area contributed by atoms with E-state index >= 15 is 0 Å². The fourth-order valence-electron chi connectivity index (χ4n) is 2.35. The highest BCUT2D eigenvalue weighted by molar-refractivity contribution is 9.11. The molecule has 2 N–H and O–H groups in total. The van der Waals surface area contributed by atoms with E-state index in [1.807, 2.05) is 6.92 Å². The Bertz CT molecular complexity index is 537. The molecule has 2 heterocycles. The minimum absolute atomic E-state index is 0.119. The molecule has 19 heavy (non-hydrogen) atoms. The Morgan fingerprint density at radius 3 is 2.79 bits per heavy atom. The Hall–Kier alpha value is 0.0500. The summed E-state index contributed by atoms with van der Waals surface area (Å²) < 4.78 is 28.1. The summed E-state index contributed by atoms with van der Waals surface area (Å²) in [4.78, 5) is 0. The van der Waals surface area contributed by atoms with Crippen LogP contribution in [0.3, 0.4) is 0 Å². The number of piperidine rings is 1. The van der Waals surface area contributed by atoms with Gasteiger partial charge in [0, 0.05) is 19.1 Å². The number of aryl methyl sites for hydroxylation is 1. The largest absolute Gasteiger partial charge is 0.327 e. The van der Waals surface area contributed by atoms with Gasteiger partial charge in [-0.25, -0.2) is 8.42 Å². The van der Waals surface area contributed by atoms with Crippen molar-refractivity contribution >= 4 is 37.3 Å². The summed E-state index contributed by atoms with van der Waals surface area (Å²) in [6, 6.07) is 1.85. The monoisotopic (exact) mass is 366 g/mol. The lowest BCUT2D eigenvalue weighted by molar-refractivity contribution is 0.231. The Morgan fingerprint density at radius 2 is 2.26 bits per heavy atom. The van der Waals surface area contributed by atoms with E-state index in [4.69, 9.17) is 5.73 Å². The first kappa shape index (κ1) is 15.4. The molecule has 0 amide bonds. The highest BCUT2D eigenvalue weighted by atomic mass is 79.9. The van der Waals surface area contributed by atoms with Crippen LogP contribution in [0.2, 0.25) is 0 Å². The van der Waals surface area contributed by atoms with Gasteiger partial charge in [0.25, 0.3) is 10.0 Å². The molecule has 0 bridgehead atoms. The van der Waals surface area contributed by atoms with Gasteiger partial charge in [-0.05, 0) is 46.8 Å². The molecule has 2 unspecified atom stereocenters. The molecule has 1 aliphatic rings. The number of nitrogens with two attached hydrogens (primary N) is 1. The van der Waals surface area contributed by atoms with E-state index in [0.717, 1.165) is 22.2 Å². The maximum atomic E-state index is 12.6. The lowest BCUT2D eigenvalue weighted by Crippen LogP contribution is -2.48. The minimum Gasteiger partial charge on any atom is -0.327 e. The van der Waals surface area contributed by atoms with Crippen molar-refractivity contribution in [3.63, 3.8) is 0 Å². The first-order chi connectivity index (χ1) is 8.86. The van der Waals surface area contributed by atoms with Crippen molar-refractivity contribution in [2.45, 2.75) is 36.9 Å². The maximum absolute atomic E-state index is 12.6. The number of sulfonamides is 1. The molecular formula is C12H19BrN2O2S2. The Balaban J connectivity index is 2.25. The van der Waals surface area contributed by atoms with Gasteiger partial charge in [0.1, 0.15) is 4.21 Å². The first-order valence-corrected chi connectivity index (χ1v) is 9.43. The molecule has 1 saturated heterocycles. The Labute approximate surface area is 127 Å². The van der Waals surface area contributed by atoms with E-state index in [2.05, 4.69) is 22.9 Å². The number of thiophene rings is 1. The maximum Gasteiger partial charge on any atom is 0.252 e. The summed E-state index contributed by atoms with van der Waals surface area (Å²) in [5.74, 6) is 0.257. The lowest BCUT2D eigenvalue weighted by Gasteiger charge is -2.35. The van der Waals surface area contributed by atoms with Crippen LogP contribution in [0.25, 0.3) is 0 Å². The van der Waals surface area contributed by atoms with Crippen LogP contribution in [0, 0.1) is 12.8 Å². The van der Waals surface area contributed by atoms with Gasteiger partial charge in [-0.15, -0.1) is 11.3 Å². The van der Waals surface area contributed by atoms with E-state index in [9.17, 15) is 8.42 Å². The SMILES string of the molecule is CCC1CN(S(=O)(=O)c2cc(C)c(Br)s2)CCC1N. The number of halogens is 1. The third-order valence-corrected chi connectivity index (χ3v) is 8.16. The second kappa shape index (κ2) is 5.81. The fraction of sp³-hybridized carbons (Fsp3) is 0.667. The molecule has 108 valence electrons. The molecular weight excluding hydrogens is 348 g/mol. The van der Waals surface area contributed by atoms with Gasteiger partial charge in [0.15, 0.2) is 0 Å². The summed E-state index contributed by atoms with van der Waals surface area (Å²) in [5, 5.41) is 0. The molecule has 1 aliphatic heterocycles. The molecule has 0 saturated carbocycles. The lowest BCUT2D eigenvalue weighted by atomic mass is 9.92. The van der Waals surface area contributed by atoms with E-state index in [1.54, 1.807) is 10.4 Å². The van der Waals surface area contributed by atoms with Gasteiger partial charge in [-0.1, -0.05) is 13.3 Å².